The fourth-order valence-corrected chi connectivity index (χ4v) is 3.62. The molecule has 0 spiro atoms. The molecule has 0 fully saturated rings. The highest BCUT2D eigenvalue weighted by Gasteiger charge is 2.29. The standard InChI is InChI=1S/C28H33N3O2/c1-19-10-13-23(14-11-19)16-17-31(25-15-12-20(2)21(3)18-25)28(33)26(30-27(32)22(4)29)24-8-6-5-7-9-24/h5-15,18,22,26H,16-17,29H2,1-4H3,(H,30,32)/t22-,26+/m0/s1. The van der Waals surface area contributed by atoms with Gasteiger partial charge in [-0.05, 0) is 68.5 Å². The normalized spacial score (nSPS) is 12.6. The van der Waals surface area contributed by atoms with Crippen LogP contribution in [0.25, 0.3) is 0 Å². The number of carbonyl (C=O) groups is 2. The van der Waals surface area contributed by atoms with Gasteiger partial charge in [0.1, 0.15) is 6.04 Å². The van der Waals surface area contributed by atoms with Crippen LogP contribution in [0.15, 0.2) is 72.8 Å². The molecular weight excluding hydrogens is 410 g/mol. The van der Waals surface area contributed by atoms with Gasteiger partial charge >= 0.3 is 0 Å². The molecule has 0 unspecified atom stereocenters. The first-order chi connectivity index (χ1) is 15.8. The zero-order valence-electron chi connectivity index (χ0n) is 19.8. The van der Waals surface area contributed by atoms with Crippen LogP contribution in [0, 0.1) is 20.8 Å². The lowest BCUT2D eigenvalue weighted by Gasteiger charge is -2.29. The molecule has 3 aromatic rings. The summed E-state index contributed by atoms with van der Waals surface area (Å²) in [5.74, 6) is -0.554. The highest BCUT2D eigenvalue weighted by atomic mass is 16.2. The van der Waals surface area contributed by atoms with Crippen molar-refractivity contribution in [2.24, 2.45) is 5.73 Å². The van der Waals surface area contributed by atoms with Crippen molar-refractivity contribution in [3.63, 3.8) is 0 Å². The van der Waals surface area contributed by atoms with Gasteiger partial charge in [-0.15, -0.1) is 0 Å². The van der Waals surface area contributed by atoms with Crippen molar-refractivity contribution < 1.29 is 9.59 Å². The maximum Gasteiger partial charge on any atom is 0.254 e. The summed E-state index contributed by atoms with van der Waals surface area (Å²) in [4.78, 5) is 28.2. The van der Waals surface area contributed by atoms with Crippen LogP contribution in [0.1, 0.15) is 40.8 Å². The number of nitrogens with two attached hydrogens (primary N) is 1. The number of nitrogens with zero attached hydrogens (tertiary/aromatic N) is 1. The lowest BCUT2D eigenvalue weighted by atomic mass is 10.0. The Bertz CT molecular complexity index is 1090. The first-order valence-electron chi connectivity index (χ1n) is 11.3. The summed E-state index contributed by atoms with van der Waals surface area (Å²) in [6.07, 6.45) is 0.696. The molecule has 5 heteroatoms. The smallest absolute Gasteiger partial charge is 0.254 e. The third-order valence-corrected chi connectivity index (χ3v) is 5.89. The van der Waals surface area contributed by atoms with Gasteiger partial charge in [0.25, 0.3) is 5.91 Å². The average molecular weight is 444 g/mol. The van der Waals surface area contributed by atoms with Gasteiger partial charge in [-0.3, -0.25) is 9.59 Å². The molecule has 2 atom stereocenters. The highest BCUT2D eigenvalue weighted by Crippen LogP contribution is 2.24. The molecule has 3 N–H and O–H groups in total. The summed E-state index contributed by atoms with van der Waals surface area (Å²) < 4.78 is 0. The van der Waals surface area contributed by atoms with Crippen LogP contribution in [0.5, 0.6) is 0 Å². The summed E-state index contributed by atoms with van der Waals surface area (Å²) in [5.41, 5.74) is 11.9. The van der Waals surface area contributed by atoms with Crippen LogP contribution in [0.4, 0.5) is 5.69 Å². The fourth-order valence-electron chi connectivity index (χ4n) is 3.62. The molecule has 0 aromatic heterocycles. The van der Waals surface area contributed by atoms with Crippen molar-refractivity contribution in [3.8, 4) is 0 Å². The fraction of sp³-hybridized carbons (Fsp3) is 0.286. The average Bonchev–Trinajstić information content (AvgIpc) is 2.81. The molecule has 172 valence electrons. The summed E-state index contributed by atoms with van der Waals surface area (Å²) >= 11 is 0. The first kappa shape index (κ1) is 24.2. The van der Waals surface area contributed by atoms with E-state index in [1.165, 1.54) is 5.56 Å². The van der Waals surface area contributed by atoms with Crippen molar-refractivity contribution in [1.29, 1.82) is 0 Å². The number of anilines is 1. The van der Waals surface area contributed by atoms with Gasteiger partial charge in [-0.2, -0.15) is 0 Å². The molecule has 33 heavy (non-hydrogen) atoms. The predicted octanol–water partition coefficient (Wildman–Crippen LogP) is 4.39. The second kappa shape index (κ2) is 10.9. The van der Waals surface area contributed by atoms with Crippen molar-refractivity contribution in [2.75, 3.05) is 11.4 Å². The van der Waals surface area contributed by atoms with Gasteiger partial charge in [0, 0.05) is 12.2 Å². The summed E-state index contributed by atoms with van der Waals surface area (Å²) in [5, 5.41) is 2.86. The van der Waals surface area contributed by atoms with E-state index >= 15 is 0 Å². The van der Waals surface area contributed by atoms with Crippen LogP contribution >= 0.6 is 0 Å². The maximum absolute atomic E-state index is 13.9. The topological polar surface area (TPSA) is 75.4 Å². The number of hydrogen-bond donors (Lipinski definition) is 2. The Labute approximate surface area is 196 Å². The number of benzene rings is 3. The van der Waals surface area contributed by atoms with Crippen molar-refractivity contribution in [2.45, 2.75) is 46.2 Å². The van der Waals surface area contributed by atoms with Gasteiger partial charge in [-0.25, -0.2) is 0 Å². The molecule has 0 aliphatic carbocycles. The quantitative estimate of drug-likeness (QED) is 0.542. The summed E-state index contributed by atoms with van der Waals surface area (Å²) in [6.45, 7) is 8.24. The zero-order chi connectivity index (χ0) is 24.0. The van der Waals surface area contributed by atoms with E-state index in [-0.39, 0.29) is 11.8 Å². The van der Waals surface area contributed by atoms with Crippen LogP contribution in [0.3, 0.4) is 0 Å². The Kier molecular flexibility index (Phi) is 8.01. The SMILES string of the molecule is Cc1ccc(CCN(C(=O)[C@H](NC(=O)[C@H](C)N)c2ccccc2)c2ccc(C)c(C)c2)cc1. The van der Waals surface area contributed by atoms with E-state index < -0.39 is 12.1 Å². The van der Waals surface area contributed by atoms with E-state index in [0.29, 0.717) is 13.0 Å². The van der Waals surface area contributed by atoms with Crippen molar-refractivity contribution >= 4 is 17.5 Å². The van der Waals surface area contributed by atoms with Gasteiger partial charge in [0.2, 0.25) is 5.91 Å². The van der Waals surface area contributed by atoms with E-state index in [0.717, 1.165) is 27.9 Å². The summed E-state index contributed by atoms with van der Waals surface area (Å²) in [7, 11) is 0. The highest BCUT2D eigenvalue weighted by molar-refractivity contribution is 6.00. The Morgan fingerprint density at radius 2 is 1.58 bits per heavy atom. The largest absolute Gasteiger partial charge is 0.339 e. The minimum atomic E-state index is -0.829. The minimum absolute atomic E-state index is 0.189. The lowest BCUT2D eigenvalue weighted by Crippen LogP contribution is -2.47. The second-order valence-electron chi connectivity index (χ2n) is 8.63. The second-order valence-corrected chi connectivity index (χ2v) is 8.63. The molecule has 5 nitrogen and oxygen atoms in total. The van der Waals surface area contributed by atoms with Crippen LogP contribution in [0.2, 0.25) is 0 Å². The first-order valence-corrected chi connectivity index (χ1v) is 11.3. The Hall–Kier alpha value is -3.44. The van der Waals surface area contributed by atoms with Crippen LogP contribution < -0.4 is 16.0 Å². The Morgan fingerprint density at radius 3 is 2.18 bits per heavy atom. The zero-order valence-corrected chi connectivity index (χ0v) is 19.8. The minimum Gasteiger partial charge on any atom is -0.339 e. The molecule has 0 bridgehead atoms. The van der Waals surface area contributed by atoms with E-state index in [1.54, 1.807) is 11.8 Å². The number of hydrogen-bond acceptors (Lipinski definition) is 3. The number of carbonyl (C=O) groups excluding carboxylic acids is 2. The van der Waals surface area contributed by atoms with Gasteiger partial charge in [-0.1, -0.05) is 66.2 Å². The van der Waals surface area contributed by atoms with E-state index in [2.05, 4.69) is 36.5 Å². The molecule has 2 amide bonds. The van der Waals surface area contributed by atoms with Crippen molar-refractivity contribution in [3.05, 3.63) is 101 Å². The molecule has 0 aliphatic rings. The van der Waals surface area contributed by atoms with Gasteiger partial charge in [0.05, 0.1) is 6.04 Å². The van der Waals surface area contributed by atoms with Crippen molar-refractivity contribution in [1.82, 2.24) is 5.32 Å². The predicted molar refractivity (Wildman–Crippen MR) is 134 cm³/mol. The molecule has 0 saturated carbocycles. The molecule has 3 rings (SSSR count). The van der Waals surface area contributed by atoms with Crippen LogP contribution in [-0.4, -0.2) is 24.4 Å². The molecular formula is C28H33N3O2. The third kappa shape index (κ3) is 6.30. The number of nitrogens with one attached hydrogen (secondary N) is 1. The van der Waals surface area contributed by atoms with Gasteiger partial charge in [0.15, 0.2) is 0 Å². The lowest BCUT2D eigenvalue weighted by molar-refractivity contribution is -0.128. The van der Waals surface area contributed by atoms with Crippen LogP contribution in [-0.2, 0) is 16.0 Å². The molecule has 0 saturated heterocycles. The number of amides is 2. The van der Waals surface area contributed by atoms with E-state index in [9.17, 15) is 9.59 Å². The monoisotopic (exact) mass is 443 g/mol. The summed E-state index contributed by atoms with van der Waals surface area (Å²) in [6, 6.07) is 22.1. The Balaban J connectivity index is 1.97. The molecule has 0 radical (unpaired) electrons. The van der Waals surface area contributed by atoms with E-state index in [4.69, 9.17) is 5.73 Å². The van der Waals surface area contributed by atoms with Gasteiger partial charge < -0.3 is 16.0 Å². The van der Waals surface area contributed by atoms with E-state index in [1.807, 2.05) is 62.4 Å². The molecule has 0 heterocycles. The third-order valence-electron chi connectivity index (χ3n) is 5.89. The molecule has 3 aromatic carbocycles. The number of aryl methyl sites for hydroxylation is 3. The maximum atomic E-state index is 13.9. The molecule has 0 aliphatic heterocycles. The Morgan fingerprint density at radius 1 is 0.909 bits per heavy atom. The number of rotatable bonds is 8.